The third kappa shape index (κ3) is 2.22. The second-order valence-corrected chi connectivity index (χ2v) is 5.87. The number of piperazine rings is 1. The maximum atomic E-state index is 9.42. The predicted molar refractivity (Wildman–Crippen MR) is 78.6 cm³/mol. The minimum absolute atomic E-state index is 0.378. The summed E-state index contributed by atoms with van der Waals surface area (Å²) in [5.41, 5.74) is 6.73. The van der Waals surface area contributed by atoms with E-state index in [-0.39, 0.29) is 0 Å². The fraction of sp³-hybridized carbons (Fsp3) is 0.714. The van der Waals surface area contributed by atoms with Gasteiger partial charge in [0.25, 0.3) is 0 Å². The highest BCUT2D eigenvalue weighted by molar-refractivity contribution is 5.65. The first-order chi connectivity index (χ1) is 9.70. The van der Waals surface area contributed by atoms with Gasteiger partial charge >= 0.3 is 0 Å². The van der Waals surface area contributed by atoms with Crippen molar-refractivity contribution in [1.29, 1.82) is 5.26 Å². The molecule has 0 atom stereocenters. The number of nitrogens with two attached hydrogens (primary N) is 1. The molecule has 0 unspecified atom stereocenters. The Morgan fingerprint density at radius 3 is 2.45 bits per heavy atom. The van der Waals surface area contributed by atoms with Gasteiger partial charge in [-0.2, -0.15) is 10.4 Å². The monoisotopic (exact) mass is 274 g/mol. The lowest BCUT2D eigenvalue weighted by atomic mass is 10.2. The molecular formula is C14H22N6. The highest BCUT2D eigenvalue weighted by atomic mass is 15.4. The molecule has 2 heterocycles. The molecule has 0 aromatic carbocycles. The van der Waals surface area contributed by atoms with Crippen LogP contribution in [-0.2, 0) is 0 Å². The Kier molecular flexibility index (Phi) is 3.53. The van der Waals surface area contributed by atoms with Crippen LogP contribution in [-0.4, -0.2) is 47.9 Å². The Balaban J connectivity index is 1.90. The molecule has 0 bridgehead atoms. The first-order valence-electron chi connectivity index (χ1n) is 7.42. The van der Waals surface area contributed by atoms with Crippen molar-refractivity contribution in [1.82, 2.24) is 14.7 Å². The molecule has 0 radical (unpaired) electrons. The average molecular weight is 274 g/mol. The molecule has 1 aliphatic heterocycles. The van der Waals surface area contributed by atoms with Crippen molar-refractivity contribution < 1.29 is 0 Å². The molecule has 1 aromatic rings. The van der Waals surface area contributed by atoms with Crippen molar-refractivity contribution in [3.63, 3.8) is 0 Å². The van der Waals surface area contributed by atoms with Crippen LogP contribution >= 0.6 is 0 Å². The second kappa shape index (κ2) is 5.33. The average Bonchev–Trinajstić information content (AvgIpc) is 3.07. The molecule has 1 saturated carbocycles. The van der Waals surface area contributed by atoms with Crippen LogP contribution < -0.4 is 10.6 Å². The van der Waals surface area contributed by atoms with Crippen molar-refractivity contribution in [2.45, 2.75) is 31.7 Å². The fourth-order valence-corrected chi connectivity index (χ4v) is 3.21. The van der Waals surface area contributed by atoms with Gasteiger partial charge in [0.1, 0.15) is 17.5 Å². The first kappa shape index (κ1) is 13.3. The van der Waals surface area contributed by atoms with Crippen molar-refractivity contribution in [2.75, 3.05) is 43.9 Å². The molecular weight excluding hydrogens is 252 g/mol. The minimum Gasteiger partial charge on any atom is -0.383 e. The van der Waals surface area contributed by atoms with E-state index in [2.05, 4.69) is 28.0 Å². The lowest BCUT2D eigenvalue weighted by Crippen LogP contribution is -2.45. The smallest absolute Gasteiger partial charge is 0.171 e. The summed E-state index contributed by atoms with van der Waals surface area (Å²) in [6, 6.07) is 2.63. The topological polar surface area (TPSA) is 74.1 Å². The van der Waals surface area contributed by atoms with Gasteiger partial charge in [0.2, 0.25) is 0 Å². The Hall–Kier alpha value is -1.74. The van der Waals surface area contributed by atoms with Gasteiger partial charge < -0.3 is 15.5 Å². The summed E-state index contributed by atoms with van der Waals surface area (Å²) < 4.78 is 1.90. The number of anilines is 2. The molecule has 1 aromatic heterocycles. The molecule has 0 amide bonds. The summed E-state index contributed by atoms with van der Waals surface area (Å²) in [5, 5.41) is 14.1. The Morgan fingerprint density at radius 2 is 1.85 bits per heavy atom. The lowest BCUT2D eigenvalue weighted by Gasteiger charge is -2.32. The SMILES string of the molecule is CN1CCN(c2nn(C3CCCC3)c(N)c2C#N)CC1. The quantitative estimate of drug-likeness (QED) is 0.877. The molecule has 2 fully saturated rings. The molecule has 0 spiro atoms. The Bertz CT molecular complexity index is 515. The number of nitrogens with zero attached hydrogens (tertiary/aromatic N) is 5. The van der Waals surface area contributed by atoms with Gasteiger partial charge in [-0.25, -0.2) is 4.68 Å². The van der Waals surface area contributed by atoms with E-state index in [1.165, 1.54) is 12.8 Å². The van der Waals surface area contributed by atoms with Gasteiger partial charge in [0.15, 0.2) is 5.82 Å². The van der Waals surface area contributed by atoms with Gasteiger partial charge in [0, 0.05) is 26.2 Å². The third-order valence-electron chi connectivity index (χ3n) is 4.51. The molecule has 6 heteroatoms. The molecule has 20 heavy (non-hydrogen) atoms. The molecule has 6 nitrogen and oxygen atoms in total. The molecule has 108 valence electrons. The maximum absolute atomic E-state index is 9.42. The van der Waals surface area contributed by atoms with E-state index in [0.717, 1.165) is 44.8 Å². The van der Waals surface area contributed by atoms with Crippen molar-refractivity contribution >= 4 is 11.6 Å². The van der Waals surface area contributed by atoms with Crippen molar-refractivity contribution in [3.05, 3.63) is 5.56 Å². The van der Waals surface area contributed by atoms with E-state index in [0.29, 0.717) is 17.4 Å². The number of likely N-dealkylation sites (N-methyl/N-ethyl adjacent to an activating group) is 1. The standard InChI is InChI=1S/C14H22N6/c1-18-6-8-19(9-7-18)14-12(10-15)13(16)20(17-14)11-4-2-3-5-11/h11H,2-9,16H2,1H3. The van der Waals surface area contributed by atoms with E-state index < -0.39 is 0 Å². The zero-order chi connectivity index (χ0) is 14.1. The van der Waals surface area contributed by atoms with Crippen LogP contribution in [0.4, 0.5) is 11.6 Å². The molecule has 1 aliphatic carbocycles. The largest absolute Gasteiger partial charge is 0.383 e. The van der Waals surface area contributed by atoms with Gasteiger partial charge in [-0.05, 0) is 19.9 Å². The van der Waals surface area contributed by atoms with Crippen LogP contribution in [0.3, 0.4) is 0 Å². The zero-order valence-electron chi connectivity index (χ0n) is 12.0. The number of nitriles is 1. The third-order valence-corrected chi connectivity index (χ3v) is 4.51. The van der Waals surface area contributed by atoms with Crippen LogP contribution in [0.5, 0.6) is 0 Å². The fourth-order valence-electron chi connectivity index (χ4n) is 3.21. The van der Waals surface area contributed by atoms with Crippen LogP contribution in [0.1, 0.15) is 37.3 Å². The van der Waals surface area contributed by atoms with E-state index >= 15 is 0 Å². The summed E-state index contributed by atoms with van der Waals surface area (Å²) in [6.07, 6.45) is 4.71. The van der Waals surface area contributed by atoms with Gasteiger partial charge in [-0.3, -0.25) is 0 Å². The number of rotatable bonds is 2. The summed E-state index contributed by atoms with van der Waals surface area (Å²) in [5.74, 6) is 1.33. The summed E-state index contributed by atoms with van der Waals surface area (Å²) in [7, 11) is 2.12. The highest BCUT2D eigenvalue weighted by Gasteiger charge is 2.27. The summed E-state index contributed by atoms with van der Waals surface area (Å²) in [4.78, 5) is 4.49. The van der Waals surface area contributed by atoms with Gasteiger partial charge in [-0.1, -0.05) is 12.8 Å². The normalized spacial score (nSPS) is 21.3. The second-order valence-electron chi connectivity index (χ2n) is 5.87. The zero-order valence-corrected chi connectivity index (χ0v) is 12.0. The molecule has 1 saturated heterocycles. The molecule has 2 aliphatic rings. The maximum Gasteiger partial charge on any atom is 0.171 e. The Labute approximate surface area is 119 Å². The predicted octanol–water partition coefficient (Wildman–Crippen LogP) is 1.20. The number of hydrogen-bond acceptors (Lipinski definition) is 5. The number of nitrogen functional groups attached to an aromatic ring is 1. The van der Waals surface area contributed by atoms with Crippen LogP contribution in [0.25, 0.3) is 0 Å². The summed E-state index contributed by atoms with van der Waals surface area (Å²) >= 11 is 0. The van der Waals surface area contributed by atoms with Gasteiger partial charge in [-0.15, -0.1) is 0 Å². The molecule has 2 N–H and O–H groups in total. The van der Waals surface area contributed by atoms with E-state index in [9.17, 15) is 5.26 Å². The number of aromatic nitrogens is 2. The Morgan fingerprint density at radius 1 is 1.20 bits per heavy atom. The minimum atomic E-state index is 0.378. The lowest BCUT2D eigenvalue weighted by molar-refractivity contribution is 0.311. The summed E-state index contributed by atoms with van der Waals surface area (Å²) in [6.45, 7) is 3.82. The van der Waals surface area contributed by atoms with Crippen LogP contribution in [0.2, 0.25) is 0 Å². The van der Waals surface area contributed by atoms with Crippen LogP contribution in [0.15, 0.2) is 0 Å². The van der Waals surface area contributed by atoms with Gasteiger partial charge in [0.05, 0.1) is 6.04 Å². The van der Waals surface area contributed by atoms with Crippen molar-refractivity contribution in [2.24, 2.45) is 0 Å². The molecule has 3 rings (SSSR count). The van der Waals surface area contributed by atoms with Crippen molar-refractivity contribution in [3.8, 4) is 6.07 Å². The van der Waals surface area contributed by atoms with Crippen LogP contribution in [0, 0.1) is 11.3 Å². The number of hydrogen-bond donors (Lipinski definition) is 1. The first-order valence-corrected chi connectivity index (χ1v) is 7.42. The van der Waals surface area contributed by atoms with E-state index in [1.807, 2.05) is 4.68 Å². The highest BCUT2D eigenvalue weighted by Crippen LogP contribution is 2.35. The van der Waals surface area contributed by atoms with E-state index in [1.54, 1.807) is 0 Å². The van der Waals surface area contributed by atoms with E-state index in [4.69, 9.17) is 5.73 Å².